The molecule has 0 aliphatic heterocycles. The minimum atomic E-state index is -2.19. The molecule has 6 nitrogen and oxygen atoms in total. The van der Waals surface area contributed by atoms with Gasteiger partial charge in [0.25, 0.3) is 11.6 Å². The van der Waals surface area contributed by atoms with Crippen molar-refractivity contribution in [1.29, 1.82) is 0 Å². The first-order valence-corrected chi connectivity index (χ1v) is 7.14. The molecule has 0 aliphatic rings. The highest BCUT2D eigenvalue weighted by Gasteiger charge is 2.56. The second-order valence-electron chi connectivity index (χ2n) is 4.58. The van der Waals surface area contributed by atoms with E-state index in [0.29, 0.717) is 0 Å². The minimum absolute atomic E-state index is 0.137. The third-order valence-corrected chi connectivity index (χ3v) is 3.19. The van der Waals surface area contributed by atoms with Crippen molar-refractivity contribution in [3.63, 3.8) is 0 Å². The summed E-state index contributed by atoms with van der Waals surface area (Å²) in [6.45, 7) is 3.71. The Morgan fingerprint density at radius 3 is 1.50 bits per heavy atom. The zero-order valence-corrected chi connectivity index (χ0v) is 12.6. The summed E-state index contributed by atoms with van der Waals surface area (Å²) in [5.74, 6) is -4.37. The van der Waals surface area contributed by atoms with Crippen molar-refractivity contribution in [3.8, 4) is 0 Å². The van der Waals surface area contributed by atoms with Crippen molar-refractivity contribution in [1.82, 2.24) is 9.97 Å². The summed E-state index contributed by atoms with van der Waals surface area (Å²) in [5.41, 5.74) is 0.275. The molecular weight excluding hydrogens is 284 g/mol. The van der Waals surface area contributed by atoms with E-state index in [1.807, 2.05) is 0 Å². The summed E-state index contributed by atoms with van der Waals surface area (Å²) >= 11 is 0. The maximum Gasteiger partial charge on any atom is 0.272 e. The van der Waals surface area contributed by atoms with Gasteiger partial charge in [0, 0.05) is 25.6 Å². The van der Waals surface area contributed by atoms with Crippen LogP contribution in [-0.2, 0) is 21.0 Å². The summed E-state index contributed by atoms with van der Waals surface area (Å²) in [7, 11) is 0. The lowest BCUT2D eigenvalue weighted by molar-refractivity contribution is -0.405. The van der Waals surface area contributed by atoms with Crippen LogP contribution >= 0.6 is 0 Å². The molecule has 0 fully saturated rings. The van der Waals surface area contributed by atoms with Crippen LogP contribution in [0.3, 0.4) is 0 Å². The number of pyridine rings is 2. The SMILES string of the molecule is CCO[C@@](O)(c1ccccn1)[C@@](O)(OCC)c1ccccn1. The Balaban J connectivity index is 2.60. The second-order valence-corrected chi connectivity index (χ2v) is 4.58. The first-order chi connectivity index (χ1) is 10.6. The molecule has 0 unspecified atom stereocenters. The fourth-order valence-corrected chi connectivity index (χ4v) is 2.23. The van der Waals surface area contributed by atoms with Crippen molar-refractivity contribution in [2.45, 2.75) is 25.4 Å². The van der Waals surface area contributed by atoms with Gasteiger partial charge in [-0.2, -0.15) is 0 Å². The smallest absolute Gasteiger partial charge is 0.272 e. The average Bonchev–Trinajstić information content (AvgIpc) is 2.56. The number of aromatic nitrogens is 2. The van der Waals surface area contributed by atoms with E-state index in [9.17, 15) is 10.2 Å². The van der Waals surface area contributed by atoms with Crippen molar-refractivity contribution < 1.29 is 19.7 Å². The predicted molar refractivity (Wildman–Crippen MR) is 79.5 cm³/mol. The van der Waals surface area contributed by atoms with E-state index in [-0.39, 0.29) is 24.6 Å². The molecule has 0 aromatic carbocycles. The Labute approximate surface area is 129 Å². The highest BCUT2D eigenvalue weighted by atomic mass is 16.7. The third kappa shape index (κ3) is 2.86. The number of aliphatic hydroxyl groups is 2. The number of ether oxygens (including phenoxy) is 2. The van der Waals surface area contributed by atoms with Gasteiger partial charge in [-0.3, -0.25) is 9.97 Å². The molecule has 2 heterocycles. The van der Waals surface area contributed by atoms with Crippen molar-refractivity contribution in [2.75, 3.05) is 13.2 Å². The van der Waals surface area contributed by atoms with Gasteiger partial charge < -0.3 is 19.7 Å². The first kappa shape index (κ1) is 16.5. The molecule has 2 atom stereocenters. The van der Waals surface area contributed by atoms with Crippen LogP contribution in [0.5, 0.6) is 0 Å². The van der Waals surface area contributed by atoms with Gasteiger partial charge in [-0.25, -0.2) is 0 Å². The Bertz CT molecular complexity index is 528. The molecule has 22 heavy (non-hydrogen) atoms. The van der Waals surface area contributed by atoms with E-state index in [1.165, 1.54) is 12.4 Å². The number of hydrogen-bond acceptors (Lipinski definition) is 6. The monoisotopic (exact) mass is 304 g/mol. The lowest BCUT2D eigenvalue weighted by Gasteiger charge is -2.40. The summed E-state index contributed by atoms with van der Waals surface area (Å²) < 4.78 is 10.9. The van der Waals surface area contributed by atoms with Crippen molar-refractivity contribution in [3.05, 3.63) is 60.2 Å². The maximum absolute atomic E-state index is 11.1. The number of rotatable bonds is 7. The highest BCUT2D eigenvalue weighted by Crippen LogP contribution is 2.41. The molecule has 0 bridgehead atoms. The molecule has 2 aromatic rings. The predicted octanol–water partition coefficient (Wildman–Crippen LogP) is 1.54. The van der Waals surface area contributed by atoms with E-state index in [4.69, 9.17) is 9.47 Å². The van der Waals surface area contributed by atoms with Crippen molar-refractivity contribution in [2.24, 2.45) is 0 Å². The Morgan fingerprint density at radius 2 is 1.23 bits per heavy atom. The zero-order chi connectivity index (χ0) is 16.1. The molecule has 0 radical (unpaired) electrons. The topological polar surface area (TPSA) is 84.7 Å². The van der Waals surface area contributed by atoms with Gasteiger partial charge in [0.2, 0.25) is 0 Å². The van der Waals surface area contributed by atoms with E-state index < -0.39 is 11.6 Å². The zero-order valence-electron chi connectivity index (χ0n) is 12.6. The van der Waals surface area contributed by atoms with Crippen LogP contribution in [0.4, 0.5) is 0 Å². The van der Waals surface area contributed by atoms with E-state index >= 15 is 0 Å². The Hall–Kier alpha value is -1.86. The van der Waals surface area contributed by atoms with Gasteiger partial charge in [0.15, 0.2) is 0 Å². The summed E-state index contributed by atoms with van der Waals surface area (Å²) in [6, 6.07) is 9.91. The van der Waals surface area contributed by atoms with E-state index in [2.05, 4.69) is 9.97 Å². The molecule has 6 heteroatoms. The van der Waals surface area contributed by atoms with Gasteiger partial charge in [0.05, 0.1) is 0 Å². The van der Waals surface area contributed by atoms with Crippen LogP contribution in [0, 0.1) is 0 Å². The van der Waals surface area contributed by atoms with Crippen LogP contribution in [0.1, 0.15) is 25.2 Å². The molecule has 2 N–H and O–H groups in total. The lowest BCUT2D eigenvalue weighted by atomic mass is 9.97. The summed E-state index contributed by atoms with van der Waals surface area (Å²) in [4.78, 5) is 8.20. The van der Waals surface area contributed by atoms with Crippen LogP contribution in [0.15, 0.2) is 48.8 Å². The quantitative estimate of drug-likeness (QED) is 0.755. The third-order valence-electron chi connectivity index (χ3n) is 3.19. The molecule has 2 rings (SSSR count). The van der Waals surface area contributed by atoms with Gasteiger partial charge >= 0.3 is 0 Å². The number of hydrogen-bond donors (Lipinski definition) is 2. The minimum Gasteiger partial charge on any atom is -0.356 e. The van der Waals surface area contributed by atoms with Crippen molar-refractivity contribution >= 4 is 0 Å². The molecular formula is C16H20N2O4. The molecule has 0 amide bonds. The Morgan fingerprint density at radius 1 is 0.818 bits per heavy atom. The highest BCUT2D eigenvalue weighted by molar-refractivity contribution is 5.21. The van der Waals surface area contributed by atoms with Gasteiger partial charge in [-0.15, -0.1) is 0 Å². The maximum atomic E-state index is 11.1. The average molecular weight is 304 g/mol. The molecule has 2 aromatic heterocycles. The standard InChI is InChI=1S/C16H20N2O4/c1-3-21-15(19,13-9-5-7-11-17-13)16(20,22-4-2)14-10-6-8-12-18-14/h5-12,19-20H,3-4H2,1-2H3/t15-,16-/m0/s1. The molecule has 0 aliphatic carbocycles. The van der Waals surface area contributed by atoms with Gasteiger partial charge in [0.1, 0.15) is 11.4 Å². The van der Waals surface area contributed by atoms with Gasteiger partial charge in [-0.1, -0.05) is 12.1 Å². The largest absolute Gasteiger partial charge is 0.356 e. The fourth-order valence-electron chi connectivity index (χ4n) is 2.23. The summed E-state index contributed by atoms with van der Waals surface area (Å²) in [6.07, 6.45) is 3.01. The molecule has 0 saturated carbocycles. The Kier molecular flexibility index (Phi) is 5.20. The fraction of sp³-hybridized carbons (Fsp3) is 0.375. The number of nitrogens with zero attached hydrogens (tertiary/aromatic N) is 2. The lowest BCUT2D eigenvalue weighted by Crippen LogP contribution is -2.54. The van der Waals surface area contributed by atoms with Crippen LogP contribution < -0.4 is 0 Å². The van der Waals surface area contributed by atoms with E-state index in [0.717, 1.165) is 0 Å². The van der Waals surface area contributed by atoms with Gasteiger partial charge in [-0.05, 0) is 38.1 Å². The van der Waals surface area contributed by atoms with Crippen LogP contribution in [-0.4, -0.2) is 33.4 Å². The molecule has 0 saturated heterocycles. The van der Waals surface area contributed by atoms with E-state index in [1.54, 1.807) is 50.2 Å². The van der Waals surface area contributed by atoms with Crippen LogP contribution in [0.25, 0.3) is 0 Å². The molecule has 0 spiro atoms. The molecule has 118 valence electrons. The second kappa shape index (κ2) is 6.93. The first-order valence-electron chi connectivity index (χ1n) is 7.14. The normalized spacial score (nSPS) is 16.7. The van der Waals surface area contributed by atoms with Crippen LogP contribution in [0.2, 0.25) is 0 Å². The summed E-state index contributed by atoms with van der Waals surface area (Å²) in [5, 5.41) is 22.2.